The van der Waals surface area contributed by atoms with E-state index in [1.165, 1.54) is 36.3 Å². The molecule has 0 heterocycles. The van der Waals surface area contributed by atoms with E-state index >= 15 is 0 Å². The molecule has 11 nitrogen and oxygen atoms in total. The first-order valence-electron chi connectivity index (χ1n) is 14.3. The normalized spacial score (nSPS) is 13.4. The maximum Gasteiger partial charge on any atom is 0.408 e. The number of benzene rings is 2. The Labute approximate surface area is 253 Å². The number of phenols is 2. The zero-order valence-corrected chi connectivity index (χ0v) is 26.0. The number of methoxy groups -OCH3 is 1. The zero-order valence-electron chi connectivity index (χ0n) is 26.0. The Hall–Kier alpha value is -4.28. The van der Waals surface area contributed by atoms with E-state index in [2.05, 4.69) is 15.4 Å². The molecule has 3 amide bonds. The highest BCUT2D eigenvalue weighted by Crippen LogP contribution is 2.33. The van der Waals surface area contributed by atoms with E-state index in [-0.39, 0.29) is 23.5 Å². The van der Waals surface area contributed by atoms with Gasteiger partial charge in [-0.3, -0.25) is 14.4 Å². The van der Waals surface area contributed by atoms with Crippen molar-refractivity contribution in [2.45, 2.75) is 84.5 Å². The molecular formula is C32H45N3O8. The fourth-order valence-electron chi connectivity index (χ4n) is 4.47. The molecular weight excluding hydrogens is 554 g/mol. The Morgan fingerprint density at radius 1 is 0.930 bits per heavy atom. The molecule has 2 rings (SSSR count). The van der Waals surface area contributed by atoms with Crippen LogP contribution in [-0.4, -0.2) is 70.3 Å². The lowest BCUT2D eigenvalue weighted by Crippen LogP contribution is -2.56. The second kappa shape index (κ2) is 15.8. The number of esters is 1. The maximum absolute atomic E-state index is 14.6. The molecule has 0 aliphatic heterocycles. The van der Waals surface area contributed by atoms with Gasteiger partial charge in [-0.2, -0.15) is 0 Å². The number of nitrogens with one attached hydrogen (secondary N) is 2. The summed E-state index contributed by atoms with van der Waals surface area (Å²) in [5.41, 5.74) is -0.0569. The predicted octanol–water partition coefficient (Wildman–Crippen LogP) is 4.22. The molecule has 0 radical (unpaired) electrons. The zero-order chi connectivity index (χ0) is 32.3. The Morgan fingerprint density at radius 2 is 1.56 bits per heavy atom. The van der Waals surface area contributed by atoms with Gasteiger partial charge >= 0.3 is 12.1 Å². The van der Waals surface area contributed by atoms with Crippen molar-refractivity contribution in [3.63, 3.8) is 0 Å². The van der Waals surface area contributed by atoms with Crippen LogP contribution in [0.4, 0.5) is 4.79 Å². The summed E-state index contributed by atoms with van der Waals surface area (Å²) in [7, 11) is 1.19. The third-order valence-corrected chi connectivity index (χ3v) is 6.65. The first kappa shape index (κ1) is 34.9. The number of ether oxygens (including phenoxy) is 2. The van der Waals surface area contributed by atoms with Crippen molar-refractivity contribution in [1.82, 2.24) is 15.5 Å². The minimum absolute atomic E-state index is 0.0169. The van der Waals surface area contributed by atoms with Crippen LogP contribution in [0.15, 0.2) is 48.5 Å². The summed E-state index contributed by atoms with van der Waals surface area (Å²) in [6, 6.07) is 9.27. The minimum Gasteiger partial charge on any atom is -0.508 e. The Balaban J connectivity index is 2.66. The number of carbonyl (C=O) groups excluding carboxylic acids is 4. The molecule has 236 valence electrons. The number of alkyl carbamates (subject to hydrolysis) is 1. The van der Waals surface area contributed by atoms with Gasteiger partial charge in [-0.25, -0.2) is 4.79 Å². The van der Waals surface area contributed by atoms with Crippen molar-refractivity contribution in [2.75, 3.05) is 13.7 Å². The molecule has 11 heteroatoms. The van der Waals surface area contributed by atoms with Crippen molar-refractivity contribution < 1.29 is 38.9 Å². The summed E-state index contributed by atoms with van der Waals surface area (Å²) in [5, 5.41) is 25.8. The van der Waals surface area contributed by atoms with Gasteiger partial charge in [-0.15, -0.1) is 0 Å². The lowest BCUT2D eigenvalue weighted by atomic mass is 9.95. The van der Waals surface area contributed by atoms with Crippen LogP contribution in [-0.2, 0) is 30.3 Å². The number of amides is 3. The number of hydrogen-bond acceptors (Lipinski definition) is 8. The summed E-state index contributed by atoms with van der Waals surface area (Å²) in [6.07, 6.45) is 0.428. The number of para-hydroxylation sites is 1. The lowest BCUT2D eigenvalue weighted by Gasteiger charge is -2.39. The van der Waals surface area contributed by atoms with Crippen molar-refractivity contribution in [3.8, 4) is 11.5 Å². The molecule has 2 aromatic rings. The van der Waals surface area contributed by atoms with Crippen LogP contribution in [0.3, 0.4) is 0 Å². The SMILES string of the molecule is COC(=O)CNC(=O)C(c1ccccc1O)N(C(=O)C(Cc1ccc(O)cc1)NC(=O)OC(C)(C)C)C(C)CCC(C)C. The van der Waals surface area contributed by atoms with Gasteiger partial charge in [0.05, 0.1) is 7.11 Å². The van der Waals surface area contributed by atoms with E-state index in [4.69, 9.17) is 4.74 Å². The van der Waals surface area contributed by atoms with Gasteiger partial charge in [0.1, 0.15) is 35.7 Å². The minimum atomic E-state index is -1.36. The highest BCUT2D eigenvalue weighted by atomic mass is 16.6. The largest absolute Gasteiger partial charge is 0.508 e. The van der Waals surface area contributed by atoms with Crippen molar-refractivity contribution >= 4 is 23.9 Å². The van der Waals surface area contributed by atoms with Crippen LogP contribution in [0, 0.1) is 5.92 Å². The third-order valence-electron chi connectivity index (χ3n) is 6.65. The summed E-state index contributed by atoms with van der Waals surface area (Å²) in [4.78, 5) is 54.5. The third kappa shape index (κ3) is 11.1. The molecule has 43 heavy (non-hydrogen) atoms. The van der Waals surface area contributed by atoms with Gasteiger partial charge in [0, 0.05) is 18.0 Å². The van der Waals surface area contributed by atoms with Crippen LogP contribution >= 0.6 is 0 Å². The van der Waals surface area contributed by atoms with Crippen molar-refractivity contribution in [3.05, 3.63) is 59.7 Å². The average molecular weight is 600 g/mol. The molecule has 2 aromatic carbocycles. The number of carbonyl (C=O) groups is 4. The molecule has 3 unspecified atom stereocenters. The summed E-state index contributed by atoms with van der Waals surface area (Å²) < 4.78 is 10.1. The van der Waals surface area contributed by atoms with Gasteiger partial charge in [0.25, 0.3) is 0 Å². The number of nitrogens with zero attached hydrogens (tertiary/aromatic N) is 1. The molecule has 0 aliphatic carbocycles. The Kier molecular flexibility index (Phi) is 12.8. The maximum atomic E-state index is 14.6. The molecule has 0 saturated heterocycles. The van der Waals surface area contributed by atoms with Crippen LogP contribution in [0.2, 0.25) is 0 Å². The number of hydrogen-bond donors (Lipinski definition) is 4. The highest BCUT2D eigenvalue weighted by molar-refractivity contribution is 5.94. The van der Waals surface area contributed by atoms with Crippen molar-refractivity contribution in [1.29, 1.82) is 0 Å². The molecule has 0 aliphatic rings. The molecule has 0 spiro atoms. The fourth-order valence-corrected chi connectivity index (χ4v) is 4.47. The molecule has 0 bridgehead atoms. The highest BCUT2D eigenvalue weighted by Gasteiger charge is 2.40. The lowest BCUT2D eigenvalue weighted by molar-refractivity contribution is -0.146. The van der Waals surface area contributed by atoms with E-state index in [9.17, 15) is 29.4 Å². The molecule has 0 saturated carbocycles. The summed E-state index contributed by atoms with van der Waals surface area (Å²) in [5.74, 6) is -1.88. The smallest absolute Gasteiger partial charge is 0.408 e. The predicted molar refractivity (Wildman–Crippen MR) is 161 cm³/mol. The molecule has 0 fully saturated rings. The van der Waals surface area contributed by atoms with Gasteiger partial charge < -0.3 is 35.2 Å². The van der Waals surface area contributed by atoms with E-state index in [0.29, 0.717) is 17.9 Å². The molecule has 3 atom stereocenters. The average Bonchev–Trinajstić information content (AvgIpc) is 2.93. The van der Waals surface area contributed by atoms with Crippen LogP contribution in [0.25, 0.3) is 0 Å². The van der Waals surface area contributed by atoms with Gasteiger partial charge in [0.15, 0.2) is 0 Å². The quantitative estimate of drug-likeness (QED) is 0.250. The first-order valence-corrected chi connectivity index (χ1v) is 14.3. The topological polar surface area (TPSA) is 154 Å². The number of rotatable bonds is 13. The van der Waals surface area contributed by atoms with E-state index in [1.807, 2.05) is 13.8 Å². The van der Waals surface area contributed by atoms with Crippen LogP contribution in [0.5, 0.6) is 11.5 Å². The number of aromatic hydroxyl groups is 2. The Bertz CT molecular complexity index is 1240. The standard InChI is InChI=1S/C32H45N3O8/c1-20(2)12-13-21(3)35(28(24-10-8-9-11-26(24)37)29(39)33-19-27(38)42-7)30(40)25(34-31(41)43-32(4,5)6)18-22-14-16-23(36)17-15-22/h8-11,14-17,20-21,25,28,36-37H,12-13,18-19H2,1-7H3,(H,33,39)(H,34,41). The van der Waals surface area contributed by atoms with E-state index in [1.54, 1.807) is 52.0 Å². The van der Waals surface area contributed by atoms with E-state index < -0.39 is 54.1 Å². The number of phenolic OH excluding ortho intramolecular Hbond substituents is 2. The van der Waals surface area contributed by atoms with Gasteiger partial charge in [-0.1, -0.05) is 44.2 Å². The molecule has 4 N–H and O–H groups in total. The van der Waals surface area contributed by atoms with E-state index in [0.717, 1.165) is 6.42 Å². The van der Waals surface area contributed by atoms with Gasteiger partial charge in [-0.05, 0) is 70.2 Å². The summed E-state index contributed by atoms with van der Waals surface area (Å²) >= 11 is 0. The van der Waals surface area contributed by atoms with Crippen LogP contribution < -0.4 is 10.6 Å². The monoisotopic (exact) mass is 599 g/mol. The van der Waals surface area contributed by atoms with Crippen LogP contribution in [0.1, 0.15) is 71.6 Å². The van der Waals surface area contributed by atoms with Crippen molar-refractivity contribution in [2.24, 2.45) is 5.92 Å². The van der Waals surface area contributed by atoms with Gasteiger partial charge in [0.2, 0.25) is 11.8 Å². The molecule has 0 aromatic heterocycles. The second-order valence-corrected chi connectivity index (χ2v) is 11.9. The first-order chi connectivity index (χ1) is 20.1. The fraction of sp³-hybridized carbons (Fsp3) is 0.500. The second-order valence-electron chi connectivity index (χ2n) is 11.9. The summed E-state index contributed by atoms with van der Waals surface area (Å²) in [6.45, 7) is 10.5. The Morgan fingerprint density at radius 3 is 2.12 bits per heavy atom.